The third kappa shape index (κ3) is 2.85. The van der Waals surface area contributed by atoms with Gasteiger partial charge in [0.25, 0.3) is 5.91 Å². The van der Waals surface area contributed by atoms with Gasteiger partial charge in [0.05, 0.1) is 12.1 Å². The summed E-state index contributed by atoms with van der Waals surface area (Å²) in [5.74, 6) is -0.0787. The van der Waals surface area contributed by atoms with E-state index in [2.05, 4.69) is 10.3 Å². The number of benzene rings is 2. The summed E-state index contributed by atoms with van der Waals surface area (Å²) in [4.78, 5) is 25.8. The van der Waals surface area contributed by atoms with Crippen LogP contribution in [0.4, 0.5) is 5.69 Å². The van der Waals surface area contributed by atoms with Gasteiger partial charge < -0.3 is 14.5 Å². The van der Waals surface area contributed by atoms with E-state index in [0.29, 0.717) is 29.0 Å². The number of oxazole rings is 1. The molecule has 22 heavy (non-hydrogen) atoms. The summed E-state index contributed by atoms with van der Waals surface area (Å²) in [7, 11) is 0. The van der Waals surface area contributed by atoms with Gasteiger partial charge in [-0.25, -0.2) is 4.79 Å². The topological polar surface area (TPSA) is 84.3 Å². The van der Waals surface area contributed by atoms with Crippen molar-refractivity contribution < 1.29 is 13.9 Å². The summed E-state index contributed by atoms with van der Waals surface area (Å²) < 4.78 is 10.3. The van der Waals surface area contributed by atoms with Crippen LogP contribution in [0.2, 0.25) is 0 Å². The fourth-order valence-corrected chi connectivity index (χ4v) is 2.09. The van der Waals surface area contributed by atoms with Gasteiger partial charge in [-0.3, -0.25) is 9.78 Å². The zero-order valence-electron chi connectivity index (χ0n) is 11.9. The molecule has 0 aliphatic heterocycles. The largest absolute Gasteiger partial charge is 0.494 e. The van der Waals surface area contributed by atoms with Crippen LogP contribution in [0.3, 0.4) is 0 Å². The highest BCUT2D eigenvalue weighted by Gasteiger charge is 2.09. The van der Waals surface area contributed by atoms with E-state index in [1.165, 1.54) is 6.07 Å². The summed E-state index contributed by atoms with van der Waals surface area (Å²) in [6, 6.07) is 11.9. The molecule has 0 radical (unpaired) electrons. The normalized spacial score (nSPS) is 10.6. The number of hydrogen-bond donors (Lipinski definition) is 2. The van der Waals surface area contributed by atoms with E-state index >= 15 is 0 Å². The van der Waals surface area contributed by atoms with E-state index in [0.717, 1.165) is 5.75 Å². The van der Waals surface area contributed by atoms with Crippen molar-refractivity contribution >= 4 is 22.7 Å². The van der Waals surface area contributed by atoms with Crippen molar-refractivity contribution in [1.29, 1.82) is 0 Å². The Balaban J connectivity index is 1.78. The molecule has 1 aromatic heterocycles. The van der Waals surface area contributed by atoms with Gasteiger partial charge in [0.1, 0.15) is 5.75 Å². The number of hydrogen-bond acceptors (Lipinski definition) is 4. The Bertz CT molecular complexity index is 862. The van der Waals surface area contributed by atoms with Crippen molar-refractivity contribution in [3.63, 3.8) is 0 Å². The molecule has 0 aliphatic rings. The Labute approximate surface area is 125 Å². The molecule has 3 rings (SSSR count). The highest BCUT2D eigenvalue weighted by atomic mass is 16.5. The van der Waals surface area contributed by atoms with Crippen LogP contribution < -0.4 is 15.8 Å². The van der Waals surface area contributed by atoms with Crippen molar-refractivity contribution in [1.82, 2.24) is 4.98 Å². The predicted octanol–water partition coefficient (Wildman–Crippen LogP) is 2.77. The number of carbonyl (C=O) groups is 1. The maximum atomic E-state index is 12.2. The quantitative estimate of drug-likeness (QED) is 0.775. The van der Waals surface area contributed by atoms with Crippen molar-refractivity contribution in [2.75, 3.05) is 11.9 Å². The van der Waals surface area contributed by atoms with E-state index in [1.54, 1.807) is 36.4 Å². The molecule has 1 amide bonds. The Morgan fingerprint density at radius 1 is 1.23 bits per heavy atom. The fourth-order valence-electron chi connectivity index (χ4n) is 2.09. The first-order chi connectivity index (χ1) is 10.7. The SMILES string of the molecule is CCOc1ccc(NC(=O)c2ccc3[nH]c(=O)oc3c2)cc1. The predicted molar refractivity (Wildman–Crippen MR) is 82.4 cm³/mol. The number of fused-ring (bicyclic) bond motifs is 1. The van der Waals surface area contributed by atoms with Crippen LogP contribution in [-0.4, -0.2) is 17.5 Å². The summed E-state index contributed by atoms with van der Waals surface area (Å²) in [6.45, 7) is 2.50. The number of aromatic nitrogens is 1. The van der Waals surface area contributed by atoms with Crippen LogP contribution >= 0.6 is 0 Å². The van der Waals surface area contributed by atoms with Crippen molar-refractivity contribution in [2.45, 2.75) is 6.92 Å². The minimum Gasteiger partial charge on any atom is -0.494 e. The van der Waals surface area contributed by atoms with Gasteiger partial charge in [0, 0.05) is 11.3 Å². The molecular formula is C16H14N2O4. The molecular weight excluding hydrogens is 284 g/mol. The number of anilines is 1. The average molecular weight is 298 g/mol. The van der Waals surface area contributed by atoms with Crippen LogP contribution in [0.5, 0.6) is 5.75 Å². The monoisotopic (exact) mass is 298 g/mol. The molecule has 0 bridgehead atoms. The molecule has 3 aromatic rings. The number of nitrogens with one attached hydrogen (secondary N) is 2. The van der Waals surface area contributed by atoms with Gasteiger partial charge in [-0.1, -0.05) is 0 Å². The van der Waals surface area contributed by atoms with Crippen molar-refractivity contribution in [2.24, 2.45) is 0 Å². The number of H-pyrrole nitrogens is 1. The number of ether oxygens (including phenoxy) is 1. The van der Waals surface area contributed by atoms with Gasteiger partial charge in [-0.2, -0.15) is 0 Å². The van der Waals surface area contributed by atoms with E-state index in [-0.39, 0.29) is 5.91 Å². The second kappa shape index (κ2) is 5.77. The summed E-state index contributed by atoms with van der Waals surface area (Å²) in [5, 5.41) is 2.77. The van der Waals surface area contributed by atoms with Gasteiger partial charge in [-0.15, -0.1) is 0 Å². The molecule has 0 atom stereocenters. The maximum absolute atomic E-state index is 12.2. The molecule has 6 heteroatoms. The molecule has 1 heterocycles. The van der Waals surface area contributed by atoms with Crippen LogP contribution in [0.15, 0.2) is 51.7 Å². The van der Waals surface area contributed by atoms with Gasteiger partial charge in [0.15, 0.2) is 5.58 Å². The zero-order chi connectivity index (χ0) is 15.5. The van der Waals surface area contributed by atoms with E-state index in [4.69, 9.17) is 9.15 Å². The summed E-state index contributed by atoms with van der Waals surface area (Å²) in [6.07, 6.45) is 0. The van der Waals surface area contributed by atoms with Gasteiger partial charge in [-0.05, 0) is 49.4 Å². The molecule has 6 nitrogen and oxygen atoms in total. The zero-order valence-corrected chi connectivity index (χ0v) is 11.9. The molecule has 2 aromatic carbocycles. The van der Waals surface area contributed by atoms with Crippen LogP contribution in [-0.2, 0) is 0 Å². The molecule has 0 fully saturated rings. The summed E-state index contributed by atoms with van der Waals surface area (Å²) >= 11 is 0. The minimum absolute atomic E-state index is 0.282. The number of amides is 1. The second-order valence-corrected chi connectivity index (χ2v) is 4.64. The minimum atomic E-state index is -0.543. The highest BCUT2D eigenvalue weighted by Crippen LogP contribution is 2.18. The fraction of sp³-hybridized carbons (Fsp3) is 0.125. The van der Waals surface area contributed by atoms with Crippen LogP contribution in [0, 0.1) is 0 Å². The first-order valence-electron chi connectivity index (χ1n) is 6.83. The third-order valence-corrected chi connectivity index (χ3v) is 3.11. The van der Waals surface area contributed by atoms with E-state index in [9.17, 15) is 9.59 Å². The molecule has 0 spiro atoms. The van der Waals surface area contributed by atoms with Crippen LogP contribution in [0.25, 0.3) is 11.1 Å². The van der Waals surface area contributed by atoms with Gasteiger partial charge >= 0.3 is 5.76 Å². The molecule has 0 saturated carbocycles. The van der Waals surface area contributed by atoms with Crippen LogP contribution in [0.1, 0.15) is 17.3 Å². The lowest BCUT2D eigenvalue weighted by Crippen LogP contribution is -2.11. The molecule has 112 valence electrons. The van der Waals surface area contributed by atoms with E-state index in [1.807, 2.05) is 6.92 Å². The number of aromatic amines is 1. The van der Waals surface area contributed by atoms with Crippen molar-refractivity contribution in [3.8, 4) is 5.75 Å². The molecule has 2 N–H and O–H groups in total. The number of rotatable bonds is 4. The Kier molecular flexibility index (Phi) is 3.65. The lowest BCUT2D eigenvalue weighted by atomic mass is 10.2. The molecule has 0 saturated heterocycles. The standard InChI is InChI=1S/C16H14N2O4/c1-2-21-12-6-4-11(5-7-12)17-15(19)10-3-8-13-14(9-10)22-16(20)18-13/h3-9H,2H2,1H3,(H,17,19)(H,18,20). The highest BCUT2D eigenvalue weighted by molar-refractivity contribution is 6.05. The maximum Gasteiger partial charge on any atom is 0.417 e. The lowest BCUT2D eigenvalue weighted by molar-refractivity contribution is 0.102. The Morgan fingerprint density at radius 2 is 2.00 bits per heavy atom. The molecule has 0 unspecified atom stereocenters. The first kappa shape index (κ1) is 13.9. The van der Waals surface area contributed by atoms with Crippen molar-refractivity contribution in [3.05, 3.63) is 58.6 Å². The Hall–Kier alpha value is -3.02. The Morgan fingerprint density at radius 3 is 2.73 bits per heavy atom. The number of carbonyl (C=O) groups excluding carboxylic acids is 1. The first-order valence-corrected chi connectivity index (χ1v) is 6.83. The van der Waals surface area contributed by atoms with E-state index < -0.39 is 5.76 Å². The van der Waals surface area contributed by atoms with Gasteiger partial charge in [0.2, 0.25) is 0 Å². The smallest absolute Gasteiger partial charge is 0.417 e. The lowest BCUT2D eigenvalue weighted by Gasteiger charge is -2.07. The summed E-state index contributed by atoms with van der Waals surface area (Å²) in [5.41, 5.74) is 1.97. The third-order valence-electron chi connectivity index (χ3n) is 3.11. The second-order valence-electron chi connectivity index (χ2n) is 4.64. The molecule has 0 aliphatic carbocycles. The average Bonchev–Trinajstić information content (AvgIpc) is 2.88.